The molecule has 1 unspecified atom stereocenters. The largest absolute Gasteiger partial charge is 0.490 e. The van der Waals surface area contributed by atoms with E-state index < -0.39 is 18.1 Å². The number of hydrogen-bond donors (Lipinski definition) is 0. The van der Waals surface area contributed by atoms with Crippen molar-refractivity contribution in [2.24, 2.45) is 4.99 Å². The molecule has 6 rings (SSSR count). The third-order valence-electron chi connectivity index (χ3n) is 8.12. The predicted molar refractivity (Wildman–Crippen MR) is 157 cm³/mol. The van der Waals surface area contributed by atoms with Gasteiger partial charge in [-0.1, -0.05) is 61.7 Å². The van der Waals surface area contributed by atoms with Crippen LogP contribution in [0.1, 0.15) is 77.6 Å². The molecular weight excluding hydrogens is 516 g/mol. The molecule has 7 nitrogen and oxygen atoms in total. The summed E-state index contributed by atoms with van der Waals surface area (Å²) in [7, 11) is 0. The Kier molecular flexibility index (Phi) is 8.31. The lowest BCUT2D eigenvalue weighted by molar-refractivity contribution is 0.0315. The number of amides is 1. The maximum absolute atomic E-state index is 13.5. The summed E-state index contributed by atoms with van der Waals surface area (Å²) in [5.41, 5.74) is 2.57. The molecule has 1 amide bonds. The Morgan fingerprint density at radius 3 is 2.32 bits per heavy atom. The van der Waals surface area contributed by atoms with Crippen LogP contribution in [0.2, 0.25) is 0 Å². The fourth-order valence-corrected chi connectivity index (χ4v) is 5.91. The van der Waals surface area contributed by atoms with Crippen molar-refractivity contribution < 1.29 is 23.8 Å². The van der Waals surface area contributed by atoms with E-state index in [1.54, 1.807) is 35.2 Å². The van der Waals surface area contributed by atoms with Gasteiger partial charge in [-0.2, -0.15) is 0 Å². The number of rotatable bonds is 6. The van der Waals surface area contributed by atoms with E-state index in [-0.39, 0.29) is 18.6 Å². The van der Waals surface area contributed by atoms with E-state index in [2.05, 4.69) is 0 Å². The summed E-state index contributed by atoms with van der Waals surface area (Å²) in [6.07, 6.45) is 8.87. The molecule has 3 aliphatic rings. The number of carbonyl (C=O) groups is 2. The lowest BCUT2D eigenvalue weighted by Gasteiger charge is -2.23. The molecule has 2 heterocycles. The maximum Gasteiger partial charge on any atom is 0.338 e. The summed E-state index contributed by atoms with van der Waals surface area (Å²) in [5.74, 6) is 0.802. The number of benzene rings is 3. The van der Waals surface area contributed by atoms with E-state index in [9.17, 15) is 9.59 Å². The fourth-order valence-electron chi connectivity index (χ4n) is 5.91. The van der Waals surface area contributed by atoms with E-state index in [1.165, 1.54) is 32.1 Å². The van der Waals surface area contributed by atoms with Gasteiger partial charge in [-0.05, 0) is 67.6 Å². The first-order valence-electron chi connectivity index (χ1n) is 14.8. The molecule has 7 heteroatoms. The topological polar surface area (TPSA) is 77.4 Å². The van der Waals surface area contributed by atoms with Crippen LogP contribution in [0.5, 0.6) is 5.75 Å². The first kappa shape index (κ1) is 27.1. The van der Waals surface area contributed by atoms with Gasteiger partial charge in [0, 0.05) is 6.42 Å². The van der Waals surface area contributed by atoms with Crippen molar-refractivity contribution in [2.75, 3.05) is 6.54 Å². The van der Waals surface area contributed by atoms with Crippen LogP contribution in [0, 0.1) is 0 Å². The second-order valence-corrected chi connectivity index (χ2v) is 11.1. The molecule has 0 N–H and O–H groups in total. The number of ether oxygens (including phenoxy) is 3. The summed E-state index contributed by atoms with van der Waals surface area (Å²) in [4.78, 5) is 32.8. The standard InChI is InChI=1S/C34H36N2O5/c37-33-29-15-9-10-16-30(29)35-32(31-21-28(22-36(31)33)41-34(38)25-11-5-4-6-12-25)39-23-24-17-19-27(20-18-24)40-26-13-7-2-1-3-8-14-26/h4-6,9-12,15-20,26,28,31H,1-3,7-8,13-14,21-23H2/t28-,31?/m0/s1. The Bertz CT molecular complexity index is 1380. The summed E-state index contributed by atoms with van der Waals surface area (Å²) in [5, 5.41) is 0. The van der Waals surface area contributed by atoms with Crippen molar-refractivity contribution >= 4 is 23.5 Å². The highest BCUT2D eigenvalue weighted by atomic mass is 16.5. The highest BCUT2D eigenvalue weighted by Gasteiger charge is 2.43. The maximum atomic E-state index is 13.5. The molecule has 1 aliphatic carbocycles. The second kappa shape index (κ2) is 12.6. The highest BCUT2D eigenvalue weighted by molar-refractivity contribution is 6.05. The number of esters is 1. The Morgan fingerprint density at radius 2 is 1.54 bits per heavy atom. The number of para-hydroxylation sites is 1. The molecule has 0 aromatic heterocycles. The number of carbonyl (C=O) groups excluding carboxylic acids is 2. The van der Waals surface area contributed by atoms with Crippen LogP contribution in [0.4, 0.5) is 5.69 Å². The van der Waals surface area contributed by atoms with Gasteiger partial charge in [0.15, 0.2) is 0 Å². The molecule has 3 aromatic rings. The summed E-state index contributed by atoms with van der Waals surface area (Å²) >= 11 is 0. The quantitative estimate of drug-likeness (QED) is 0.312. The van der Waals surface area contributed by atoms with Crippen molar-refractivity contribution in [1.82, 2.24) is 4.90 Å². The number of nitrogens with zero attached hydrogens (tertiary/aromatic N) is 2. The molecule has 2 atom stereocenters. The second-order valence-electron chi connectivity index (χ2n) is 11.1. The molecule has 0 spiro atoms. The fraction of sp³-hybridized carbons (Fsp3) is 0.382. The third-order valence-corrected chi connectivity index (χ3v) is 8.12. The molecule has 1 saturated carbocycles. The lowest BCUT2D eigenvalue weighted by atomic mass is 9.98. The van der Waals surface area contributed by atoms with E-state index in [0.29, 0.717) is 35.7 Å². The van der Waals surface area contributed by atoms with Crippen molar-refractivity contribution in [3.05, 3.63) is 95.6 Å². The van der Waals surface area contributed by atoms with Gasteiger partial charge in [-0.15, -0.1) is 0 Å². The van der Waals surface area contributed by atoms with Gasteiger partial charge < -0.3 is 19.1 Å². The zero-order valence-corrected chi connectivity index (χ0v) is 23.2. The van der Waals surface area contributed by atoms with Crippen LogP contribution in [-0.2, 0) is 16.1 Å². The summed E-state index contributed by atoms with van der Waals surface area (Å²) < 4.78 is 18.4. The monoisotopic (exact) mass is 552 g/mol. The summed E-state index contributed by atoms with van der Waals surface area (Å²) in [6.45, 7) is 0.587. The molecule has 2 aliphatic heterocycles. The smallest absolute Gasteiger partial charge is 0.338 e. The highest BCUT2D eigenvalue weighted by Crippen LogP contribution is 2.33. The SMILES string of the molecule is O=C(O[C@H]1CC2C(OCc3ccc(OC4CCCCCCC4)cc3)=Nc3ccccc3C(=O)N2C1)c1ccccc1. The number of aliphatic imine (C=N–C) groups is 1. The van der Waals surface area contributed by atoms with Crippen molar-refractivity contribution in [2.45, 2.75) is 76.2 Å². The molecule has 1 saturated heterocycles. The molecule has 0 bridgehead atoms. The molecular formula is C34H36N2O5. The van der Waals surface area contributed by atoms with Crippen LogP contribution in [0.25, 0.3) is 0 Å². The number of hydrogen-bond acceptors (Lipinski definition) is 6. The van der Waals surface area contributed by atoms with Crippen LogP contribution in [-0.4, -0.2) is 47.5 Å². The number of fused-ring (bicyclic) bond motifs is 2. The lowest BCUT2D eigenvalue weighted by Crippen LogP contribution is -2.40. The Balaban J connectivity index is 1.14. The minimum absolute atomic E-state index is 0.137. The minimum atomic E-state index is -0.458. The third kappa shape index (κ3) is 6.45. The molecule has 41 heavy (non-hydrogen) atoms. The molecule has 0 radical (unpaired) electrons. The molecule has 2 fully saturated rings. The average Bonchev–Trinajstić information content (AvgIpc) is 3.37. The molecule has 212 valence electrons. The summed E-state index contributed by atoms with van der Waals surface area (Å²) in [6, 6.07) is 23.8. The van der Waals surface area contributed by atoms with Crippen LogP contribution < -0.4 is 4.74 Å². The van der Waals surface area contributed by atoms with Gasteiger partial charge >= 0.3 is 5.97 Å². The van der Waals surface area contributed by atoms with Crippen LogP contribution in [0.3, 0.4) is 0 Å². The average molecular weight is 553 g/mol. The van der Waals surface area contributed by atoms with Crippen LogP contribution in [0.15, 0.2) is 83.9 Å². The van der Waals surface area contributed by atoms with Gasteiger partial charge in [0.05, 0.1) is 29.5 Å². The van der Waals surface area contributed by atoms with E-state index >= 15 is 0 Å². The van der Waals surface area contributed by atoms with Crippen molar-refractivity contribution in [1.29, 1.82) is 0 Å². The molecule has 3 aromatic carbocycles. The Hall–Kier alpha value is -4.13. The van der Waals surface area contributed by atoms with Gasteiger partial charge in [0.2, 0.25) is 5.90 Å². The van der Waals surface area contributed by atoms with E-state index in [1.807, 2.05) is 48.5 Å². The Morgan fingerprint density at radius 1 is 0.829 bits per heavy atom. The van der Waals surface area contributed by atoms with Crippen LogP contribution >= 0.6 is 0 Å². The predicted octanol–water partition coefficient (Wildman–Crippen LogP) is 6.88. The zero-order valence-electron chi connectivity index (χ0n) is 23.2. The Labute approximate surface area is 241 Å². The first-order valence-corrected chi connectivity index (χ1v) is 14.8. The van der Waals surface area contributed by atoms with E-state index in [4.69, 9.17) is 19.2 Å². The zero-order chi connectivity index (χ0) is 28.0. The van der Waals surface area contributed by atoms with Crippen molar-refractivity contribution in [3.8, 4) is 5.75 Å². The van der Waals surface area contributed by atoms with Gasteiger partial charge in [0.25, 0.3) is 5.91 Å². The minimum Gasteiger partial charge on any atom is -0.490 e. The van der Waals surface area contributed by atoms with Gasteiger partial charge in [0.1, 0.15) is 24.5 Å². The van der Waals surface area contributed by atoms with Crippen molar-refractivity contribution in [3.63, 3.8) is 0 Å². The van der Waals surface area contributed by atoms with Gasteiger partial charge in [-0.25, -0.2) is 9.79 Å². The van der Waals surface area contributed by atoms with Gasteiger partial charge in [-0.3, -0.25) is 4.79 Å². The van der Waals surface area contributed by atoms with E-state index in [0.717, 1.165) is 24.2 Å². The normalized spacial score (nSPS) is 21.0. The first-order chi connectivity index (χ1) is 20.1.